The van der Waals surface area contributed by atoms with Gasteiger partial charge in [0, 0.05) is 17.1 Å². The van der Waals surface area contributed by atoms with Gasteiger partial charge in [-0.1, -0.05) is 46.3 Å². The fourth-order valence-corrected chi connectivity index (χ4v) is 4.97. The highest BCUT2D eigenvalue weighted by Crippen LogP contribution is 2.31. The molecule has 3 aromatic carbocycles. The van der Waals surface area contributed by atoms with E-state index in [4.69, 9.17) is 9.47 Å². The van der Waals surface area contributed by atoms with Gasteiger partial charge in [-0.05, 0) is 35.9 Å². The summed E-state index contributed by atoms with van der Waals surface area (Å²) in [5.74, 6) is -0.925. The van der Waals surface area contributed by atoms with Crippen molar-refractivity contribution in [3.63, 3.8) is 0 Å². The van der Waals surface area contributed by atoms with Crippen LogP contribution in [0.1, 0.15) is 5.56 Å². The third kappa shape index (κ3) is 6.10. The number of hydrogen-bond acceptors (Lipinski definition) is 5. The van der Waals surface area contributed by atoms with Gasteiger partial charge in [-0.3, -0.25) is 4.79 Å². The van der Waals surface area contributed by atoms with Crippen molar-refractivity contribution >= 4 is 37.5 Å². The van der Waals surface area contributed by atoms with Crippen molar-refractivity contribution in [2.75, 3.05) is 26.1 Å². The number of anilines is 1. The smallest absolute Gasteiger partial charge is 0.247 e. The number of nitrogens with zero attached hydrogens (tertiary/aromatic N) is 1. The first kappa shape index (κ1) is 24.7. The zero-order valence-electron chi connectivity index (χ0n) is 17.9. The minimum Gasteiger partial charge on any atom is -0.497 e. The number of ether oxygens (including phenoxy) is 2. The van der Waals surface area contributed by atoms with E-state index in [2.05, 4.69) is 21.2 Å². The number of amides is 1. The molecule has 0 spiro atoms. The lowest BCUT2D eigenvalue weighted by molar-refractivity contribution is -0.116. The number of nitrogens with one attached hydrogen (secondary N) is 1. The molecular formula is C23H22BrFN2O5S. The zero-order chi connectivity index (χ0) is 24.0. The lowest BCUT2D eigenvalue weighted by Crippen LogP contribution is -2.37. The lowest BCUT2D eigenvalue weighted by Gasteiger charge is -2.23. The largest absolute Gasteiger partial charge is 0.497 e. The van der Waals surface area contributed by atoms with Crippen LogP contribution in [0.4, 0.5) is 10.1 Å². The molecule has 0 saturated heterocycles. The molecule has 0 saturated carbocycles. The number of benzene rings is 3. The maximum Gasteiger partial charge on any atom is 0.247 e. The second-order valence-corrected chi connectivity index (χ2v) is 9.77. The molecule has 0 atom stereocenters. The van der Waals surface area contributed by atoms with Crippen LogP contribution in [0, 0.1) is 5.82 Å². The van der Waals surface area contributed by atoms with Gasteiger partial charge in [-0.25, -0.2) is 12.8 Å². The molecule has 0 aromatic heterocycles. The molecule has 3 rings (SSSR count). The second-order valence-electron chi connectivity index (χ2n) is 6.95. The molecule has 0 unspecified atom stereocenters. The maximum absolute atomic E-state index is 14.2. The van der Waals surface area contributed by atoms with Crippen LogP contribution in [0.2, 0.25) is 0 Å². The topological polar surface area (TPSA) is 84.9 Å². The summed E-state index contributed by atoms with van der Waals surface area (Å²) >= 11 is 3.15. The molecule has 0 bridgehead atoms. The van der Waals surface area contributed by atoms with Crippen molar-refractivity contribution in [3.8, 4) is 11.5 Å². The van der Waals surface area contributed by atoms with Gasteiger partial charge in [0.25, 0.3) is 0 Å². The fourth-order valence-electron chi connectivity index (χ4n) is 3.08. The van der Waals surface area contributed by atoms with Crippen LogP contribution in [0.15, 0.2) is 76.1 Å². The average molecular weight is 537 g/mol. The molecule has 174 valence electrons. The third-order valence-electron chi connectivity index (χ3n) is 4.72. The Balaban J connectivity index is 1.96. The van der Waals surface area contributed by atoms with Crippen LogP contribution in [0.5, 0.6) is 11.5 Å². The molecule has 33 heavy (non-hydrogen) atoms. The van der Waals surface area contributed by atoms with Gasteiger partial charge < -0.3 is 14.8 Å². The van der Waals surface area contributed by atoms with Gasteiger partial charge in [0.05, 0.1) is 26.5 Å². The van der Waals surface area contributed by atoms with E-state index in [1.807, 2.05) is 0 Å². The van der Waals surface area contributed by atoms with Crippen LogP contribution in [0.25, 0.3) is 0 Å². The van der Waals surface area contributed by atoms with Crippen molar-refractivity contribution in [1.82, 2.24) is 4.31 Å². The number of rotatable bonds is 9. The van der Waals surface area contributed by atoms with Crippen molar-refractivity contribution in [2.45, 2.75) is 11.4 Å². The molecule has 10 heteroatoms. The van der Waals surface area contributed by atoms with Gasteiger partial charge in [0.1, 0.15) is 22.2 Å². The van der Waals surface area contributed by atoms with E-state index in [0.717, 1.165) is 4.31 Å². The molecule has 3 aromatic rings. The Morgan fingerprint density at radius 1 is 1.03 bits per heavy atom. The lowest BCUT2D eigenvalue weighted by atomic mass is 10.2. The SMILES string of the molecule is COc1ccc(OC)c(S(=O)(=O)N(CC(=O)Nc2ccc(Br)cc2F)Cc2ccccc2)c1. The molecule has 0 aliphatic heterocycles. The number of carbonyl (C=O) groups is 1. The van der Waals surface area contributed by atoms with Crippen LogP contribution >= 0.6 is 15.9 Å². The Morgan fingerprint density at radius 2 is 1.76 bits per heavy atom. The van der Waals surface area contributed by atoms with Crippen molar-refractivity contribution < 1.29 is 27.1 Å². The van der Waals surface area contributed by atoms with Crippen LogP contribution < -0.4 is 14.8 Å². The van der Waals surface area contributed by atoms with Gasteiger partial charge in [-0.15, -0.1) is 0 Å². The molecule has 0 aliphatic carbocycles. The highest BCUT2D eigenvalue weighted by Gasteiger charge is 2.30. The number of halogens is 2. The first-order valence-corrected chi connectivity index (χ1v) is 12.0. The van der Waals surface area contributed by atoms with Gasteiger partial charge in [0.15, 0.2) is 0 Å². The summed E-state index contributed by atoms with van der Waals surface area (Å²) in [5.41, 5.74) is 0.616. The molecular weight excluding hydrogens is 515 g/mol. The molecule has 0 fully saturated rings. The third-order valence-corrected chi connectivity index (χ3v) is 7.02. The van der Waals surface area contributed by atoms with Crippen molar-refractivity contribution in [2.24, 2.45) is 0 Å². The van der Waals surface area contributed by atoms with Gasteiger partial charge >= 0.3 is 0 Å². The molecule has 1 N–H and O–H groups in total. The minimum absolute atomic E-state index is 0.0563. The standard InChI is InChI=1S/C23H22BrFN2O5S/c1-31-18-9-11-21(32-2)22(13-18)33(29,30)27(14-16-6-4-3-5-7-16)15-23(28)26-20-10-8-17(24)12-19(20)25/h3-13H,14-15H2,1-2H3,(H,26,28). The van der Waals surface area contributed by atoms with Crippen molar-refractivity contribution in [1.29, 1.82) is 0 Å². The highest BCUT2D eigenvalue weighted by molar-refractivity contribution is 9.10. The quantitative estimate of drug-likeness (QED) is 0.437. The molecule has 0 radical (unpaired) electrons. The first-order valence-electron chi connectivity index (χ1n) is 9.75. The second kappa shape index (κ2) is 10.8. The number of sulfonamides is 1. The minimum atomic E-state index is -4.21. The first-order chi connectivity index (χ1) is 15.7. The summed E-state index contributed by atoms with van der Waals surface area (Å²) in [5, 5.41) is 2.43. The Bertz CT molecular complexity index is 1240. The number of carbonyl (C=O) groups excluding carboxylic acids is 1. The average Bonchev–Trinajstić information content (AvgIpc) is 2.80. The van der Waals surface area contributed by atoms with Crippen LogP contribution in [-0.2, 0) is 21.4 Å². The normalized spacial score (nSPS) is 11.3. The van der Waals surface area contributed by atoms with E-state index < -0.39 is 28.3 Å². The Kier molecular flexibility index (Phi) is 8.06. The molecule has 7 nitrogen and oxygen atoms in total. The summed E-state index contributed by atoms with van der Waals surface area (Å²) in [6.45, 7) is -0.632. The summed E-state index contributed by atoms with van der Waals surface area (Å²) in [6, 6.07) is 17.4. The summed E-state index contributed by atoms with van der Waals surface area (Å²) < 4.78 is 53.3. The van der Waals surface area contributed by atoms with E-state index >= 15 is 0 Å². The van der Waals surface area contributed by atoms with Crippen LogP contribution in [-0.4, -0.2) is 39.4 Å². The highest BCUT2D eigenvalue weighted by atomic mass is 79.9. The summed E-state index contributed by atoms with van der Waals surface area (Å²) in [4.78, 5) is 12.6. The molecule has 0 aliphatic rings. The summed E-state index contributed by atoms with van der Waals surface area (Å²) in [6.07, 6.45) is 0. The van der Waals surface area contributed by atoms with Crippen LogP contribution in [0.3, 0.4) is 0 Å². The van der Waals surface area contributed by atoms with E-state index in [-0.39, 0.29) is 22.9 Å². The summed E-state index contributed by atoms with van der Waals surface area (Å²) in [7, 11) is -1.44. The Morgan fingerprint density at radius 3 is 2.39 bits per heavy atom. The Labute approximate surface area is 200 Å². The Hall–Kier alpha value is -2.95. The maximum atomic E-state index is 14.2. The predicted molar refractivity (Wildman–Crippen MR) is 126 cm³/mol. The van der Waals surface area contributed by atoms with Crippen molar-refractivity contribution in [3.05, 3.63) is 82.6 Å². The zero-order valence-corrected chi connectivity index (χ0v) is 20.3. The predicted octanol–water partition coefficient (Wildman–Crippen LogP) is 4.44. The van der Waals surface area contributed by atoms with Gasteiger partial charge in [-0.2, -0.15) is 4.31 Å². The monoisotopic (exact) mass is 536 g/mol. The van der Waals surface area contributed by atoms with Gasteiger partial charge in [0.2, 0.25) is 15.9 Å². The fraction of sp³-hybridized carbons (Fsp3) is 0.174. The number of hydrogen-bond donors (Lipinski definition) is 1. The molecule has 1 amide bonds. The van der Waals surface area contributed by atoms with E-state index in [0.29, 0.717) is 15.8 Å². The molecule has 0 heterocycles. The van der Waals surface area contributed by atoms with E-state index in [1.54, 1.807) is 42.5 Å². The van der Waals surface area contributed by atoms with E-state index in [9.17, 15) is 17.6 Å². The number of methoxy groups -OCH3 is 2. The van der Waals surface area contributed by atoms with E-state index in [1.165, 1.54) is 38.5 Å².